The highest BCUT2D eigenvalue weighted by atomic mass is 32.2. The molecule has 0 saturated heterocycles. The number of amides is 2. The molecule has 1 aromatic heterocycles. The van der Waals surface area contributed by atoms with Gasteiger partial charge in [-0.2, -0.15) is 0 Å². The molecule has 9 heteroatoms. The summed E-state index contributed by atoms with van der Waals surface area (Å²) in [6, 6.07) is 13.6. The third-order valence-corrected chi connectivity index (χ3v) is 5.89. The molecule has 0 bridgehead atoms. The number of aromatic amines is 1. The fraction of sp³-hybridized carbons (Fsp3) is 0.182. The van der Waals surface area contributed by atoms with Crippen molar-refractivity contribution in [3.8, 4) is 0 Å². The van der Waals surface area contributed by atoms with Crippen LogP contribution in [0.2, 0.25) is 0 Å². The number of rotatable bonds is 5. The SMILES string of the molecule is Cc1ccccc1NC(=O)[C@@H]1CC(=O)Nc2nc(SCc3ccccc3F)[nH]c(=O)c21. The molecular formula is C22H19FN4O3S. The molecule has 1 aliphatic heterocycles. The Bertz CT molecular complexity index is 1230. The molecular weight excluding hydrogens is 419 g/mol. The van der Waals surface area contributed by atoms with Gasteiger partial charge in [-0.15, -0.1) is 0 Å². The molecule has 0 unspecified atom stereocenters. The molecule has 0 fully saturated rings. The molecule has 0 saturated carbocycles. The van der Waals surface area contributed by atoms with E-state index in [1.165, 1.54) is 6.07 Å². The van der Waals surface area contributed by atoms with Gasteiger partial charge in [0.1, 0.15) is 11.6 Å². The Balaban J connectivity index is 1.59. The van der Waals surface area contributed by atoms with Crippen LogP contribution in [0.15, 0.2) is 58.5 Å². The van der Waals surface area contributed by atoms with Crippen molar-refractivity contribution in [1.29, 1.82) is 0 Å². The summed E-state index contributed by atoms with van der Waals surface area (Å²) >= 11 is 1.13. The average molecular weight is 438 g/mol. The molecule has 2 heterocycles. The number of carbonyl (C=O) groups is 2. The number of H-pyrrole nitrogens is 1. The van der Waals surface area contributed by atoms with Crippen molar-refractivity contribution >= 4 is 35.1 Å². The Morgan fingerprint density at radius 3 is 2.71 bits per heavy atom. The van der Waals surface area contributed by atoms with Gasteiger partial charge in [-0.05, 0) is 30.2 Å². The Kier molecular flexibility index (Phi) is 5.85. The summed E-state index contributed by atoms with van der Waals surface area (Å²) in [5.74, 6) is -1.87. The smallest absolute Gasteiger partial charge is 0.257 e. The van der Waals surface area contributed by atoms with Gasteiger partial charge >= 0.3 is 0 Å². The predicted octanol–water partition coefficient (Wildman–Crippen LogP) is 3.57. The first-order valence-electron chi connectivity index (χ1n) is 9.59. The van der Waals surface area contributed by atoms with Crippen molar-refractivity contribution < 1.29 is 14.0 Å². The van der Waals surface area contributed by atoms with Gasteiger partial charge in [-0.1, -0.05) is 48.2 Å². The van der Waals surface area contributed by atoms with Crippen LogP contribution in [0, 0.1) is 12.7 Å². The number of hydrogen-bond acceptors (Lipinski definition) is 5. The molecule has 3 aromatic rings. The van der Waals surface area contributed by atoms with Crippen LogP contribution in [-0.2, 0) is 15.3 Å². The predicted molar refractivity (Wildman–Crippen MR) is 117 cm³/mol. The maximum Gasteiger partial charge on any atom is 0.257 e. The van der Waals surface area contributed by atoms with Crippen molar-refractivity contribution in [3.63, 3.8) is 0 Å². The summed E-state index contributed by atoms with van der Waals surface area (Å²) in [7, 11) is 0. The lowest BCUT2D eigenvalue weighted by molar-refractivity contribution is -0.123. The monoisotopic (exact) mass is 438 g/mol. The largest absolute Gasteiger partial charge is 0.325 e. The summed E-state index contributed by atoms with van der Waals surface area (Å²) in [6.45, 7) is 1.85. The maximum absolute atomic E-state index is 13.8. The van der Waals surface area contributed by atoms with E-state index in [0.717, 1.165) is 17.3 Å². The minimum atomic E-state index is -0.967. The molecule has 1 aliphatic rings. The minimum absolute atomic E-state index is 0.0565. The Morgan fingerprint density at radius 1 is 1.19 bits per heavy atom. The van der Waals surface area contributed by atoms with Gasteiger partial charge in [0.15, 0.2) is 5.16 Å². The van der Waals surface area contributed by atoms with Gasteiger partial charge in [0.25, 0.3) is 5.56 Å². The van der Waals surface area contributed by atoms with Crippen LogP contribution in [0.3, 0.4) is 0 Å². The lowest BCUT2D eigenvalue weighted by Crippen LogP contribution is -2.36. The van der Waals surface area contributed by atoms with Crippen molar-refractivity contribution in [2.24, 2.45) is 0 Å². The van der Waals surface area contributed by atoms with E-state index in [-0.39, 0.29) is 34.5 Å². The van der Waals surface area contributed by atoms with Crippen LogP contribution in [-0.4, -0.2) is 21.8 Å². The maximum atomic E-state index is 13.8. The fourth-order valence-electron chi connectivity index (χ4n) is 3.34. The van der Waals surface area contributed by atoms with Crippen LogP contribution in [0.25, 0.3) is 0 Å². The van der Waals surface area contributed by atoms with Gasteiger partial charge < -0.3 is 15.6 Å². The van der Waals surface area contributed by atoms with Crippen LogP contribution >= 0.6 is 11.8 Å². The molecule has 0 aliphatic carbocycles. The second kappa shape index (κ2) is 8.73. The molecule has 1 atom stereocenters. The second-order valence-electron chi connectivity index (χ2n) is 7.12. The average Bonchev–Trinajstić information content (AvgIpc) is 2.74. The zero-order chi connectivity index (χ0) is 22.0. The number of nitrogens with zero attached hydrogens (tertiary/aromatic N) is 1. The number of anilines is 2. The van der Waals surface area contributed by atoms with E-state index in [9.17, 15) is 18.8 Å². The van der Waals surface area contributed by atoms with E-state index in [1.54, 1.807) is 30.3 Å². The number of nitrogens with one attached hydrogen (secondary N) is 3. The number of benzene rings is 2. The lowest BCUT2D eigenvalue weighted by atomic mass is 9.92. The highest BCUT2D eigenvalue weighted by Gasteiger charge is 2.35. The lowest BCUT2D eigenvalue weighted by Gasteiger charge is -2.23. The van der Waals surface area contributed by atoms with Gasteiger partial charge in [0.2, 0.25) is 11.8 Å². The van der Waals surface area contributed by atoms with E-state index in [1.807, 2.05) is 19.1 Å². The van der Waals surface area contributed by atoms with E-state index in [2.05, 4.69) is 20.6 Å². The van der Waals surface area contributed by atoms with Crippen LogP contribution in [0.5, 0.6) is 0 Å². The number of carbonyl (C=O) groups excluding carboxylic acids is 2. The van der Waals surface area contributed by atoms with Crippen LogP contribution in [0.1, 0.15) is 29.0 Å². The van der Waals surface area contributed by atoms with Crippen molar-refractivity contribution in [3.05, 3.63) is 81.4 Å². The molecule has 0 spiro atoms. The number of thioether (sulfide) groups is 1. The van der Waals surface area contributed by atoms with E-state index >= 15 is 0 Å². The number of aromatic nitrogens is 2. The number of hydrogen-bond donors (Lipinski definition) is 3. The minimum Gasteiger partial charge on any atom is -0.325 e. The first kappa shape index (κ1) is 20.8. The summed E-state index contributed by atoms with van der Waals surface area (Å²) in [5, 5.41) is 5.59. The normalized spacial score (nSPS) is 15.2. The first-order valence-corrected chi connectivity index (χ1v) is 10.6. The summed E-state index contributed by atoms with van der Waals surface area (Å²) in [4.78, 5) is 44.8. The van der Waals surface area contributed by atoms with Gasteiger partial charge in [-0.25, -0.2) is 9.37 Å². The zero-order valence-corrected chi connectivity index (χ0v) is 17.4. The van der Waals surface area contributed by atoms with E-state index < -0.39 is 23.3 Å². The molecule has 2 aromatic carbocycles. The second-order valence-corrected chi connectivity index (χ2v) is 8.09. The first-order chi connectivity index (χ1) is 14.9. The van der Waals surface area contributed by atoms with Gasteiger partial charge in [-0.3, -0.25) is 14.4 Å². The molecule has 7 nitrogen and oxygen atoms in total. The van der Waals surface area contributed by atoms with Gasteiger partial charge in [0.05, 0.1) is 11.5 Å². The molecule has 158 valence electrons. The highest BCUT2D eigenvalue weighted by molar-refractivity contribution is 7.98. The third kappa shape index (κ3) is 4.51. The fourth-order valence-corrected chi connectivity index (χ4v) is 4.18. The summed E-state index contributed by atoms with van der Waals surface area (Å²) in [6.07, 6.45) is -0.156. The quantitative estimate of drug-likeness (QED) is 0.417. The number of aryl methyl sites for hydroxylation is 1. The van der Waals surface area contributed by atoms with Crippen LogP contribution < -0.4 is 16.2 Å². The Labute approximate surface area is 181 Å². The summed E-state index contributed by atoms with van der Waals surface area (Å²) < 4.78 is 13.8. The van der Waals surface area contributed by atoms with Crippen molar-refractivity contribution in [2.45, 2.75) is 30.2 Å². The molecule has 31 heavy (non-hydrogen) atoms. The topological polar surface area (TPSA) is 104 Å². The molecule has 0 radical (unpaired) electrons. The van der Waals surface area contributed by atoms with E-state index in [4.69, 9.17) is 0 Å². The van der Waals surface area contributed by atoms with Crippen LogP contribution in [0.4, 0.5) is 15.9 Å². The molecule has 3 N–H and O–H groups in total. The van der Waals surface area contributed by atoms with Crippen molar-refractivity contribution in [1.82, 2.24) is 9.97 Å². The van der Waals surface area contributed by atoms with Crippen molar-refractivity contribution in [2.75, 3.05) is 10.6 Å². The molecule has 2 amide bonds. The number of para-hydroxylation sites is 1. The standard InChI is InChI=1S/C22H19FN4O3S/c1-12-6-2-5-9-16(12)24-20(29)14-10-17(28)25-19-18(14)21(30)27-22(26-19)31-11-13-7-3-4-8-15(13)23/h2-9,14H,10-11H2,1H3,(H,24,29)(H2,25,26,27,28,30)/t14-/m1/s1. The van der Waals surface area contributed by atoms with E-state index in [0.29, 0.717) is 11.3 Å². The van der Waals surface area contributed by atoms with Gasteiger partial charge in [0, 0.05) is 17.9 Å². The number of fused-ring (bicyclic) bond motifs is 1. The third-order valence-electron chi connectivity index (χ3n) is 4.97. The molecule has 4 rings (SSSR count). The zero-order valence-electron chi connectivity index (χ0n) is 16.6. The Morgan fingerprint density at radius 2 is 1.94 bits per heavy atom. The summed E-state index contributed by atoms with van der Waals surface area (Å²) in [5.41, 5.74) is 1.55. The highest BCUT2D eigenvalue weighted by Crippen LogP contribution is 2.31. The number of halogens is 1. The Hall–Kier alpha value is -3.46.